The number of carbonyl (C=O) groups is 1. The van der Waals surface area contributed by atoms with Crippen molar-refractivity contribution in [2.45, 2.75) is 39.7 Å². The first-order chi connectivity index (χ1) is 7.11. The zero-order valence-corrected chi connectivity index (χ0v) is 9.63. The van der Waals surface area contributed by atoms with Gasteiger partial charge in [0.1, 0.15) is 11.6 Å². The highest BCUT2D eigenvalue weighted by Crippen LogP contribution is 1.92. The van der Waals surface area contributed by atoms with E-state index in [2.05, 4.69) is 10.6 Å². The van der Waals surface area contributed by atoms with Crippen LogP contribution in [0.3, 0.4) is 0 Å². The van der Waals surface area contributed by atoms with Crippen molar-refractivity contribution in [1.29, 1.82) is 5.26 Å². The molecule has 2 N–H and O–H groups in total. The molecule has 0 aliphatic carbocycles. The van der Waals surface area contributed by atoms with E-state index in [1.165, 1.54) is 6.20 Å². The van der Waals surface area contributed by atoms with Gasteiger partial charge in [0, 0.05) is 18.8 Å². The maximum Gasteiger partial charge on any atom is 0.263 e. The third kappa shape index (κ3) is 6.55. The van der Waals surface area contributed by atoms with Crippen LogP contribution in [0.5, 0.6) is 0 Å². The van der Waals surface area contributed by atoms with E-state index in [0.29, 0.717) is 6.54 Å². The van der Waals surface area contributed by atoms with Crippen LogP contribution in [0.4, 0.5) is 0 Å². The Morgan fingerprint density at radius 3 is 2.67 bits per heavy atom. The van der Waals surface area contributed by atoms with Gasteiger partial charge in [-0.05, 0) is 20.3 Å². The number of hydrogen-bond donors (Lipinski definition) is 2. The Morgan fingerprint density at radius 2 is 2.20 bits per heavy atom. The summed E-state index contributed by atoms with van der Waals surface area (Å²) >= 11 is 0. The molecule has 0 unspecified atom stereocenters. The summed E-state index contributed by atoms with van der Waals surface area (Å²) in [7, 11) is 0. The lowest BCUT2D eigenvalue weighted by molar-refractivity contribution is -0.117. The third-order valence-corrected chi connectivity index (χ3v) is 1.74. The first kappa shape index (κ1) is 13.5. The molecule has 4 heteroatoms. The molecule has 84 valence electrons. The van der Waals surface area contributed by atoms with E-state index in [4.69, 9.17) is 5.26 Å². The number of carbonyl (C=O) groups excluding carboxylic acids is 1. The minimum absolute atomic E-state index is 0.125. The number of unbranched alkanes of at least 4 members (excludes halogenated alkanes) is 1. The fourth-order valence-electron chi connectivity index (χ4n) is 0.873. The lowest BCUT2D eigenvalue weighted by atomic mass is 10.2. The Balaban J connectivity index is 4.11. The van der Waals surface area contributed by atoms with Crippen molar-refractivity contribution < 1.29 is 4.79 Å². The minimum Gasteiger partial charge on any atom is -0.387 e. The van der Waals surface area contributed by atoms with Crippen LogP contribution in [0, 0.1) is 11.3 Å². The highest BCUT2D eigenvalue weighted by atomic mass is 16.1. The molecule has 0 aromatic heterocycles. The van der Waals surface area contributed by atoms with Crippen molar-refractivity contribution >= 4 is 5.91 Å². The van der Waals surface area contributed by atoms with Crippen LogP contribution < -0.4 is 10.6 Å². The molecule has 0 aliphatic rings. The maximum atomic E-state index is 11.4. The number of nitriles is 1. The summed E-state index contributed by atoms with van der Waals surface area (Å²) < 4.78 is 0. The van der Waals surface area contributed by atoms with Crippen molar-refractivity contribution in [2.75, 3.05) is 6.54 Å². The van der Waals surface area contributed by atoms with E-state index in [-0.39, 0.29) is 17.5 Å². The molecular weight excluding hydrogens is 190 g/mol. The number of hydrogen-bond acceptors (Lipinski definition) is 3. The van der Waals surface area contributed by atoms with Gasteiger partial charge in [0.25, 0.3) is 5.91 Å². The molecule has 0 bridgehead atoms. The Labute approximate surface area is 91.4 Å². The van der Waals surface area contributed by atoms with Gasteiger partial charge in [0.05, 0.1) is 0 Å². The van der Waals surface area contributed by atoms with E-state index in [1.54, 1.807) is 0 Å². The van der Waals surface area contributed by atoms with Gasteiger partial charge in [-0.25, -0.2) is 0 Å². The fraction of sp³-hybridized carbons (Fsp3) is 0.636. The highest BCUT2D eigenvalue weighted by Gasteiger charge is 2.07. The summed E-state index contributed by atoms with van der Waals surface area (Å²) in [6.07, 6.45) is 3.42. The van der Waals surface area contributed by atoms with Crippen LogP contribution in [-0.2, 0) is 4.79 Å². The van der Waals surface area contributed by atoms with E-state index in [1.807, 2.05) is 26.8 Å². The molecule has 0 spiro atoms. The van der Waals surface area contributed by atoms with Gasteiger partial charge in [-0.2, -0.15) is 5.26 Å². The quantitative estimate of drug-likeness (QED) is 0.394. The second kappa shape index (κ2) is 7.86. The molecule has 0 rings (SSSR count). The molecule has 0 aromatic carbocycles. The van der Waals surface area contributed by atoms with Gasteiger partial charge >= 0.3 is 0 Å². The molecule has 1 amide bonds. The van der Waals surface area contributed by atoms with Crippen molar-refractivity contribution in [3.63, 3.8) is 0 Å². The predicted molar refractivity (Wildman–Crippen MR) is 59.9 cm³/mol. The fourth-order valence-corrected chi connectivity index (χ4v) is 0.873. The van der Waals surface area contributed by atoms with Crippen molar-refractivity contribution in [1.82, 2.24) is 10.6 Å². The molecule has 0 atom stereocenters. The summed E-state index contributed by atoms with van der Waals surface area (Å²) in [5.41, 5.74) is 0.125. The molecule has 15 heavy (non-hydrogen) atoms. The van der Waals surface area contributed by atoms with Crippen molar-refractivity contribution in [3.05, 3.63) is 11.8 Å². The van der Waals surface area contributed by atoms with Gasteiger partial charge in [0.2, 0.25) is 0 Å². The summed E-state index contributed by atoms with van der Waals surface area (Å²) in [4.78, 5) is 11.4. The molecule has 0 aliphatic heterocycles. The number of rotatable bonds is 6. The third-order valence-electron chi connectivity index (χ3n) is 1.74. The maximum absolute atomic E-state index is 11.4. The zero-order chi connectivity index (χ0) is 11.7. The number of amides is 1. The average molecular weight is 209 g/mol. The van der Waals surface area contributed by atoms with E-state index >= 15 is 0 Å². The molecule has 0 saturated carbocycles. The molecule has 0 saturated heterocycles. The second-order valence-electron chi connectivity index (χ2n) is 3.60. The van der Waals surface area contributed by atoms with E-state index < -0.39 is 0 Å². The highest BCUT2D eigenvalue weighted by molar-refractivity contribution is 5.97. The largest absolute Gasteiger partial charge is 0.387 e. The molecule has 0 fully saturated rings. The normalized spacial score (nSPS) is 11.0. The van der Waals surface area contributed by atoms with Gasteiger partial charge in [-0.3, -0.25) is 4.79 Å². The Hall–Kier alpha value is -1.50. The monoisotopic (exact) mass is 209 g/mol. The van der Waals surface area contributed by atoms with Gasteiger partial charge in [-0.15, -0.1) is 0 Å². The minimum atomic E-state index is -0.306. The molecule has 0 aromatic rings. The van der Waals surface area contributed by atoms with Crippen LogP contribution in [-0.4, -0.2) is 18.5 Å². The van der Waals surface area contributed by atoms with Crippen LogP contribution in [0.15, 0.2) is 11.8 Å². The van der Waals surface area contributed by atoms with Crippen molar-refractivity contribution in [3.8, 4) is 6.07 Å². The molecule has 0 radical (unpaired) electrons. The predicted octanol–water partition coefficient (Wildman–Crippen LogP) is 1.31. The molecule has 0 heterocycles. The SMILES string of the molecule is CCCCNC(=O)/C(C#N)=C\NC(C)C. The van der Waals surface area contributed by atoms with Crippen LogP contribution in [0.25, 0.3) is 0 Å². The number of nitrogens with one attached hydrogen (secondary N) is 2. The van der Waals surface area contributed by atoms with Gasteiger partial charge in [-0.1, -0.05) is 13.3 Å². The Morgan fingerprint density at radius 1 is 1.53 bits per heavy atom. The standard InChI is InChI=1S/C11H19N3O/c1-4-5-6-13-11(15)10(7-12)8-14-9(2)3/h8-9,14H,4-6H2,1-3H3,(H,13,15)/b10-8-. The van der Waals surface area contributed by atoms with Gasteiger partial charge in [0.15, 0.2) is 0 Å². The molecule has 4 nitrogen and oxygen atoms in total. The first-order valence-electron chi connectivity index (χ1n) is 5.26. The smallest absolute Gasteiger partial charge is 0.263 e. The first-order valence-corrected chi connectivity index (χ1v) is 5.26. The summed E-state index contributed by atoms with van der Waals surface area (Å²) in [5.74, 6) is -0.306. The summed E-state index contributed by atoms with van der Waals surface area (Å²) in [5, 5.41) is 14.4. The Kier molecular flexibility index (Phi) is 7.08. The van der Waals surface area contributed by atoms with Crippen molar-refractivity contribution in [2.24, 2.45) is 0 Å². The Bertz CT molecular complexity index is 263. The molecular formula is C11H19N3O. The summed E-state index contributed by atoms with van der Waals surface area (Å²) in [6, 6.07) is 2.09. The summed E-state index contributed by atoms with van der Waals surface area (Å²) in [6.45, 7) is 6.56. The second-order valence-corrected chi connectivity index (χ2v) is 3.60. The van der Waals surface area contributed by atoms with Crippen LogP contribution >= 0.6 is 0 Å². The number of nitrogens with zero attached hydrogens (tertiary/aromatic N) is 1. The van der Waals surface area contributed by atoms with Crippen LogP contribution in [0.2, 0.25) is 0 Å². The van der Waals surface area contributed by atoms with Crippen LogP contribution in [0.1, 0.15) is 33.6 Å². The lowest BCUT2D eigenvalue weighted by Crippen LogP contribution is -2.27. The average Bonchev–Trinajstić information content (AvgIpc) is 2.18. The van der Waals surface area contributed by atoms with E-state index in [0.717, 1.165) is 12.8 Å². The van der Waals surface area contributed by atoms with E-state index in [9.17, 15) is 4.79 Å². The topological polar surface area (TPSA) is 64.9 Å². The zero-order valence-electron chi connectivity index (χ0n) is 9.63. The van der Waals surface area contributed by atoms with Gasteiger partial charge < -0.3 is 10.6 Å². The lowest BCUT2D eigenvalue weighted by Gasteiger charge is -2.06.